The molecule has 12 heavy (non-hydrogen) atoms. The lowest BCUT2D eigenvalue weighted by molar-refractivity contribution is 1.07. The fourth-order valence-electron chi connectivity index (χ4n) is 1.01. The smallest absolute Gasteiger partial charge is 0.254 e. The number of nitrogen functional groups attached to an aromatic ring is 1. The van der Waals surface area contributed by atoms with Gasteiger partial charge in [-0.15, -0.1) is 0 Å². The third kappa shape index (κ3) is 0.918. The highest BCUT2D eigenvalue weighted by Gasteiger charge is 2.03. The lowest BCUT2D eigenvalue weighted by Crippen LogP contribution is -2.10. The van der Waals surface area contributed by atoms with Crippen LogP contribution in [0.4, 0.5) is 5.82 Å². The molecule has 0 spiro atoms. The van der Waals surface area contributed by atoms with Crippen molar-refractivity contribution in [3.8, 4) is 0 Å². The number of anilines is 1. The molecule has 0 amide bonds. The maximum Gasteiger partial charge on any atom is 0.254 e. The average molecular weight is 229 g/mol. The second-order valence-corrected chi connectivity index (χ2v) is 3.11. The fraction of sp³-hybridized carbons (Fsp3) is 0. The molecule has 0 unspecified atom stereocenters. The van der Waals surface area contributed by atoms with Gasteiger partial charge >= 0.3 is 0 Å². The van der Waals surface area contributed by atoms with Crippen LogP contribution in [0.5, 0.6) is 0 Å². The average Bonchev–Trinajstić information content (AvgIpc) is 2.31. The molecule has 2 rings (SSSR count). The fourth-order valence-corrected chi connectivity index (χ4v) is 1.49. The number of hydrogen-bond acceptors (Lipinski definition) is 3. The van der Waals surface area contributed by atoms with Gasteiger partial charge < -0.3 is 5.73 Å². The van der Waals surface area contributed by atoms with Gasteiger partial charge in [0.05, 0.1) is 6.20 Å². The molecular weight excluding hydrogens is 224 g/mol. The quantitative estimate of drug-likeness (QED) is 0.685. The topological polar surface area (TPSA) is 76.2 Å². The zero-order chi connectivity index (χ0) is 8.72. The van der Waals surface area contributed by atoms with E-state index in [1.807, 2.05) is 0 Å². The van der Waals surface area contributed by atoms with E-state index in [2.05, 4.69) is 25.9 Å². The Morgan fingerprint density at radius 2 is 2.42 bits per heavy atom. The Labute approximate surface area is 75.4 Å². The van der Waals surface area contributed by atoms with Crippen molar-refractivity contribution < 1.29 is 0 Å². The van der Waals surface area contributed by atoms with Crippen LogP contribution in [0, 0.1) is 0 Å². The van der Waals surface area contributed by atoms with E-state index in [1.54, 1.807) is 10.6 Å². The van der Waals surface area contributed by atoms with Crippen molar-refractivity contribution in [3.63, 3.8) is 0 Å². The lowest BCUT2D eigenvalue weighted by Gasteiger charge is -1.97. The molecule has 0 aliphatic carbocycles. The Bertz CT molecular complexity index is 486. The molecule has 0 bridgehead atoms. The predicted molar refractivity (Wildman–Crippen MR) is 47.9 cm³/mol. The van der Waals surface area contributed by atoms with E-state index in [4.69, 9.17) is 5.73 Å². The number of nitrogens with one attached hydrogen (secondary N) is 1. The molecule has 0 atom stereocenters. The van der Waals surface area contributed by atoms with Crippen molar-refractivity contribution in [1.82, 2.24) is 14.4 Å². The standard InChI is InChI=1S/C6H5BrN4O/c7-3-2-9-6-10-5(12)1-4(8)11(3)6/h1-2H,8H2,(H,9,10,12). The first-order chi connectivity index (χ1) is 5.68. The lowest BCUT2D eigenvalue weighted by atomic mass is 10.6. The number of aromatic amines is 1. The summed E-state index contributed by atoms with van der Waals surface area (Å²) in [6, 6.07) is 1.30. The van der Waals surface area contributed by atoms with Crippen molar-refractivity contribution in [2.45, 2.75) is 0 Å². The van der Waals surface area contributed by atoms with Crippen molar-refractivity contribution in [2.24, 2.45) is 0 Å². The molecule has 3 N–H and O–H groups in total. The minimum absolute atomic E-state index is 0.252. The summed E-state index contributed by atoms with van der Waals surface area (Å²) in [5.74, 6) is 0.796. The van der Waals surface area contributed by atoms with Crippen molar-refractivity contribution in [3.05, 3.63) is 27.2 Å². The van der Waals surface area contributed by atoms with Gasteiger partial charge in [0, 0.05) is 6.07 Å². The Kier molecular flexibility index (Phi) is 1.44. The number of rotatable bonds is 0. The largest absolute Gasteiger partial charge is 0.385 e. The highest BCUT2D eigenvalue weighted by molar-refractivity contribution is 9.10. The number of hydrogen-bond donors (Lipinski definition) is 2. The summed E-state index contributed by atoms with van der Waals surface area (Å²) < 4.78 is 2.31. The van der Waals surface area contributed by atoms with Gasteiger partial charge in [-0.25, -0.2) is 4.98 Å². The first kappa shape index (κ1) is 7.35. The van der Waals surface area contributed by atoms with E-state index in [9.17, 15) is 4.79 Å². The van der Waals surface area contributed by atoms with Gasteiger partial charge in [-0.1, -0.05) is 0 Å². The molecule has 2 aromatic rings. The molecule has 0 radical (unpaired) electrons. The highest BCUT2D eigenvalue weighted by Crippen LogP contribution is 2.13. The molecular formula is C6H5BrN4O. The molecule has 0 aliphatic rings. The summed E-state index contributed by atoms with van der Waals surface area (Å²) in [4.78, 5) is 17.4. The second-order valence-electron chi connectivity index (χ2n) is 2.30. The molecule has 2 aromatic heterocycles. The molecule has 0 aromatic carbocycles. The number of nitrogens with two attached hydrogens (primary N) is 1. The van der Waals surface area contributed by atoms with Crippen LogP contribution in [-0.4, -0.2) is 14.4 Å². The van der Waals surface area contributed by atoms with Gasteiger partial charge in [0.1, 0.15) is 10.4 Å². The van der Waals surface area contributed by atoms with Crippen LogP contribution in [0.3, 0.4) is 0 Å². The molecule has 0 saturated carbocycles. The highest BCUT2D eigenvalue weighted by atomic mass is 79.9. The third-order valence-electron chi connectivity index (χ3n) is 1.49. The van der Waals surface area contributed by atoms with Crippen molar-refractivity contribution in [1.29, 1.82) is 0 Å². The number of halogens is 1. The van der Waals surface area contributed by atoms with Crippen LogP contribution in [-0.2, 0) is 0 Å². The Hall–Kier alpha value is -1.30. The van der Waals surface area contributed by atoms with Crippen molar-refractivity contribution in [2.75, 3.05) is 5.73 Å². The molecule has 2 heterocycles. The van der Waals surface area contributed by atoms with Gasteiger partial charge in [0.15, 0.2) is 0 Å². The predicted octanol–water partition coefficient (Wildman–Crippen LogP) is 0.367. The number of imidazole rings is 1. The van der Waals surface area contributed by atoms with Gasteiger partial charge in [0.2, 0.25) is 5.78 Å². The Morgan fingerprint density at radius 3 is 3.17 bits per heavy atom. The first-order valence-corrected chi connectivity index (χ1v) is 3.99. The monoisotopic (exact) mass is 228 g/mol. The summed E-state index contributed by atoms with van der Waals surface area (Å²) in [7, 11) is 0. The van der Waals surface area contributed by atoms with Crippen LogP contribution >= 0.6 is 15.9 Å². The minimum Gasteiger partial charge on any atom is -0.385 e. The number of aromatic nitrogens is 3. The van der Waals surface area contributed by atoms with Crippen LogP contribution in [0.1, 0.15) is 0 Å². The second kappa shape index (κ2) is 2.34. The maximum absolute atomic E-state index is 10.9. The van der Waals surface area contributed by atoms with Crippen LogP contribution in [0.15, 0.2) is 21.7 Å². The molecule has 5 nitrogen and oxygen atoms in total. The van der Waals surface area contributed by atoms with Gasteiger partial charge in [0.25, 0.3) is 5.56 Å². The van der Waals surface area contributed by atoms with E-state index in [1.165, 1.54) is 6.07 Å². The van der Waals surface area contributed by atoms with Crippen LogP contribution < -0.4 is 11.3 Å². The summed E-state index contributed by atoms with van der Waals surface area (Å²) in [6.07, 6.45) is 1.57. The molecule has 62 valence electrons. The van der Waals surface area contributed by atoms with Crippen LogP contribution in [0.25, 0.3) is 5.78 Å². The normalized spacial score (nSPS) is 10.8. The number of nitrogens with zero attached hydrogens (tertiary/aromatic N) is 2. The number of fused-ring (bicyclic) bond motifs is 1. The minimum atomic E-state index is -0.252. The summed E-state index contributed by atoms with van der Waals surface area (Å²) in [5.41, 5.74) is 5.32. The van der Waals surface area contributed by atoms with E-state index in [0.717, 1.165) is 0 Å². The number of H-pyrrole nitrogens is 1. The first-order valence-electron chi connectivity index (χ1n) is 3.20. The third-order valence-corrected chi connectivity index (χ3v) is 2.05. The maximum atomic E-state index is 10.9. The van der Waals surface area contributed by atoms with E-state index >= 15 is 0 Å². The zero-order valence-corrected chi connectivity index (χ0v) is 7.50. The van der Waals surface area contributed by atoms with Gasteiger partial charge in [-0.2, -0.15) is 0 Å². The molecule has 0 fully saturated rings. The van der Waals surface area contributed by atoms with Crippen LogP contribution in [0.2, 0.25) is 0 Å². The molecule has 0 saturated heterocycles. The summed E-state index contributed by atoms with van der Waals surface area (Å²) >= 11 is 3.24. The molecule has 0 aliphatic heterocycles. The zero-order valence-electron chi connectivity index (χ0n) is 5.91. The van der Waals surface area contributed by atoms with E-state index in [-0.39, 0.29) is 5.56 Å². The SMILES string of the molecule is Nc1cc(=O)[nH]c2ncc(Br)n12. The molecule has 6 heteroatoms. The Balaban J connectivity index is 3.02. The van der Waals surface area contributed by atoms with Gasteiger partial charge in [-0.05, 0) is 15.9 Å². The summed E-state index contributed by atoms with van der Waals surface area (Å²) in [6.45, 7) is 0. The Morgan fingerprint density at radius 1 is 1.67 bits per heavy atom. The van der Waals surface area contributed by atoms with Crippen molar-refractivity contribution >= 4 is 27.5 Å². The van der Waals surface area contributed by atoms with Gasteiger partial charge in [-0.3, -0.25) is 14.2 Å². The van der Waals surface area contributed by atoms with E-state index in [0.29, 0.717) is 16.2 Å². The summed E-state index contributed by atoms with van der Waals surface area (Å²) in [5, 5.41) is 0. The van der Waals surface area contributed by atoms with E-state index < -0.39 is 0 Å².